The van der Waals surface area contributed by atoms with Gasteiger partial charge >= 0.3 is 0 Å². The molecule has 138 valence electrons. The molecule has 1 N–H and O–H groups in total. The van der Waals surface area contributed by atoms with E-state index in [1.807, 2.05) is 25.3 Å². The number of rotatable bonds is 7. The van der Waals surface area contributed by atoms with Crippen LogP contribution in [0.4, 0.5) is 5.00 Å². The Bertz CT molecular complexity index is 898. The highest BCUT2D eigenvalue weighted by Gasteiger charge is 2.12. The van der Waals surface area contributed by atoms with Gasteiger partial charge in [-0.3, -0.25) is 4.21 Å². The van der Waals surface area contributed by atoms with E-state index in [9.17, 15) is 8.76 Å². The molecule has 0 aliphatic rings. The van der Waals surface area contributed by atoms with Crippen molar-refractivity contribution >= 4 is 27.6 Å². The first-order valence-corrected chi connectivity index (χ1v) is 10.4. The second kappa shape index (κ2) is 8.16. The zero-order valence-electron chi connectivity index (χ0n) is 15.1. The van der Waals surface area contributed by atoms with E-state index in [0.717, 1.165) is 29.9 Å². The van der Waals surface area contributed by atoms with Crippen LogP contribution in [0.5, 0.6) is 0 Å². The predicted octanol–water partition coefficient (Wildman–Crippen LogP) is 4.37. The Kier molecular flexibility index (Phi) is 5.90. The van der Waals surface area contributed by atoms with Crippen LogP contribution in [0.3, 0.4) is 0 Å². The molecule has 7 heteroatoms. The number of hydrogen-bond acceptors (Lipinski definition) is 4. The number of nitrogens with zero attached hydrogens (tertiary/aromatic N) is 2. The summed E-state index contributed by atoms with van der Waals surface area (Å²) in [5, 5.41) is 0.673. The first kappa shape index (κ1) is 18.8. The fourth-order valence-corrected chi connectivity index (χ4v) is 4.64. The fraction of sp³-hybridized carbons (Fsp3) is 0.316. The summed E-state index contributed by atoms with van der Waals surface area (Å²) in [6.07, 6.45) is 4.70. The molecule has 0 radical (unpaired) electrons. The van der Waals surface area contributed by atoms with Gasteiger partial charge in [0.25, 0.3) is 0 Å². The molecule has 5 nitrogen and oxygen atoms in total. The Morgan fingerprint density at radius 1 is 1.31 bits per heavy atom. The van der Waals surface area contributed by atoms with Crippen LogP contribution in [0.25, 0.3) is 11.1 Å². The van der Waals surface area contributed by atoms with Gasteiger partial charge < -0.3 is 13.8 Å². The fourth-order valence-electron chi connectivity index (χ4n) is 2.87. The monoisotopic (exact) mass is 388 g/mol. The molecule has 3 aromatic rings. The summed E-state index contributed by atoms with van der Waals surface area (Å²) in [6, 6.07) is 10.3. The molecule has 3 rings (SSSR count). The molecule has 0 saturated carbocycles. The number of anilines is 1. The third kappa shape index (κ3) is 4.60. The average Bonchev–Trinajstić information content (AvgIpc) is 3.14. The molecule has 1 unspecified atom stereocenters. The van der Waals surface area contributed by atoms with E-state index in [0.29, 0.717) is 10.9 Å². The van der Waals surface area contributed by atoms with Crippen molar-refractivity contribution in [3.63, 3.8) is 0 Å². The first-order chi connectivity index (χ1) is 12.4. The number of benzene rings is 1. The van der Waals surface area contributed by atoms with Gasteiger partial charge in [-0.25, -0.2) is 4.98 Å². The summed E-state index contributed by atoms with van der Waals surface area (Å²) >= 11 is -0.824. The number of thiophene rings is 1. The molecular formula is C19H22N3O2S2-. The van der Waals surface area contributed by atoms with Crippen molar-refractivity contribution < 1.29 is 8.76 Å². The quantitative estimate of drug-likeness (QED) is 0.611. The van der Waals surface area contributed by atoms with Gasteiger partial charge in [0, 0.05) is 40.6 Å². The summed E-state index contributed by atoms with van der Waals surface area (Å²) in [6.45, 7) is 7.07. The highest BCUT2D eigenvalue weighted by Crippen LogP contribution is 2.37. The van der Waals surface area contributed by atoms with Crippen LogP contribution >= 0.6 is 11.3 Å². The predicted molar refractivity (Wildman–Crippen MR) is 107 cm³/mol. The first-order valence-electron chi connectivity index (χ1n) is 8.48. The normalized spacial score (nSPS) is 12.5. The smallest absolute Gasteiger partial charge is 0.107 e. The van der Waals surface area contributed by atoms with Crippen molar-refractivity contribution in [1.82, 2.24) is 9.55 Å². The Morgan fingerprint density at radius 2 is 2.04 bits per heavy atom. The van der Waals surface area contributed by atoms with Gasteiger partial charge in [0.05, 0.1) is 0 Å². The number of nitrogens with one attached hydrogen (secondary N) is 1. The molecule has 26 heavy (non-hydrogen) atoms. The number of hydrogen-bond donors (Lipinski definition) is 1. The minimum absolute atomic E-state index is 0.521. The van der Waals surface area contributed by atoms with Crippen LogP contribution in [-0.2, 0) is 24.2 Å². The molecule has 0 fully saturated rings. The van der Waals surface area contributed by atoms with Crippen molar-refractivity contribution in [1.29, 1.82) is 0 Å². The summed E-state index contributed by atoms with van der Waals surface area (Å²) in [4.78, 5) is 5.42. The van der Waals surface area contributed by atoms with Crippen LogP contribution in [-0.4, -0.2) is 18.3 Å². The van der Waals surface area contributed by atoms with Gasteiger partial charge in [0.15, 0.2) is 0 Å². The Balaban J connectivity index is 1.86. The lowest BCUT2D eigenvalue weighted by atomic mass is 10.0. The van der Waals surface area contributed by atoms with Crippen molar-refractivity contribution in [2.24, 2.45) is 5.92 Å². The molecule has 1 atom stereocenters. The van der Waals surface area contributed by atoms with E-state index in [1.54, 1.807) is 6.20 Å². The topological polar surface area (TPSA) is 70.0 Å². The molecule has 0 bridgehead atoms. The van der Waals surface area contributed by atoms with Gasteiger partial charge in [-0.15, -0.1) is 11.3 Å². The minimum Gasteiger partial charge on any atom is -0.755 e. The highest BCUT2D eigenvalue weighted by molar-refractivity contribution is 7.80. The SMILES string of the molecule is Cc1nccn1Cc1ccc(-c2cc(CC(C)C)sc2NS(=O)[O-])cc1. The molecule has 0 amide bonds. The third-order valence-corrected chi connectivity index (χ3v) is 5.68. The highest BCUT2D eigenvalue weighted by atomic mass is 32.2. The number of aromatic nitrogens is 2. The molecule has 2 aromatic heterocycles. The standard InChI is InChI=1S/C19H23N3O2S2/c1-13(2)10-17-11-18(19(25-17)21-26(23)24)16-6-4-15(5-7-16)12-22-9-8-20-14(22)3/h4-9,11,13,21H,10,12H2,1-3H3,(H,23,24)/p-1. The summed E-state index contributed by atoms with van der Waals surface area (Å²) in [7, 11) is 0. The van der Waals surface area contributed by atoms with Crippen molar-refractivity contribution in [3.05, 3.63) is 59.0 Å². The average molecular weight is 389 g/mol. The van der Waals surface area contributed by atoms with Crippen LogP contribution in [0.1, 0.15) is 30.1 Å². The van der Waals surface area contributed by atoms with Gasteiger partial charge in [-0.05, 0) is 36.5 Å². The van der Waals surface area contributed by atoms with Crippen LogP contribution in [0.2, 0.25) is 0 Å². The van der Waals surface area contributed by atoms with Crippen LogP contribution in [0, 0.1) is 12.8 Å². The lowest BCUT2D eigenvalue weighted by molar-refractivity contribution is 0.543. The van der Waals surface area contributed by atoms with E-state index in [-0.39, 0.29) is 0 Å². The maximum Gasteiger partial charge on any atom is 0.107 e. The second-order valence-corrected chi connectivity index (χ2v) is 8.50. The van der Waals surface area contributed by atoms with Crippen molar-refractivity contribution in [2.45, 2.75) is 33.7 Å². The lowest BCUT2D eigenvalue weighted by Gasteiger charge is -2.10. The maximum atomic E-state index is 11.1. The third-order valence-electron chi connectivity index (χ3n) is 4.11. The van der Waals surface area contributed by atoms with E-state index < -0.39 is 11.3 Å². The molecular weight excluding hydrogens is 366 g/mol. The summed E-state index contributed by atoms with van der Waals surface area (Å²) < 4.78 is 26.9. The zero-order chi connectivity index (χ0) is 18.7. The van der Waals surface area contributed by atoms with E-state index in [1.165, 1.54) is 21.8 Å². The lowest BCUT2D eigenvalue weighted by Crippen LogP contribution is -2.02. The molecule has 0 spiro atoms. The molecule has 0 saturated heterocycles. The van der Waals surface area contributed by atoms with Gasteiger partial charge in [-0.1, -0.05) is 38.1 Å². The second-order valence-electron chi connectivity index (χ2n) is 6.69. The maximum absolute atomic E-state index is 11.1. The van der Waals surface area contributed by atoms with Gasteiger partial charge in [0.1, 0.15) is 10.8 Å². The van der Waals surface area contributed by atoms with E-state index in [4.69, 9.17) is 0 Å². The Morgan fingerprint density at radius 3 is 2.62 bits per heavy atom. The Labute approximate surface area is 160 Å². The van der Waals surface area contributed by atoms with Crippen LogP contribution in [0.15, 0.2) is 42.7 Å². The number of imidazole rings is 1. The largest absolute Gasteiger partial charge is 0.755 e. The minimum atomic E-state index is -2.33. The summed E-state index contributed by atoms with van der Waals surface area (Å²) in [5.74, 6) is 1.50. The van der Waals surface area contributed by atoms with Gasteiger partial charge in [-0.2, -0.15) is 0 Å². The molecule has 1 aromatic carbocycles. The summed E-state index contributed by atoms with van der Waals surface area (Å²) in [5.41, 5.74) is 3.12. The van der Waals surface area contributed by atoms with Crippen molar-refractivity contribution in [3.8, 4) is 11.1 Å². The molecule has 2 heterocycles. The molecule has 0 aliphatic carbocycles. The number of aryl methyl sites for hydroxylation is 1. The van der Waals surface area contributed by atoms with E-state index in [2.05, 4.69) is 46.3 Å². The zero-order valence-corrected chi connectivity index (χ0v) is 16.7. The Hall–Kier alpha value is -1.96. The van der Waals surface area contributed by atoms with Gasteiger partial charge in [0.2, 0.25) is 0 Å². The van der Waals surface area contributed by atoms with E-state index >= 15 is 0 Å². The molecule has 0 aliphatic heterocycles. The van der Waals surface area contributed by atoms with Crippen molar-refractivity contribution in [2.75, 3.05) is 4.72 Å². The van der Waals surface area contributed by atoms with Crippen LogP contribution < -0.4 is 4.72 Å².